The lowest BCUT2D eigenvalue weighted by Gasteiger charge is -2.01. The summed E-state index contributed by atoms with van der Waals surface area (Å²) in [7, 11) is 0. The van der Waals surface area contributed by atoms with E-state index in [1.807, 2.05) is 6.07 Å². The number of rotatable bonds is 3. The molecule has 1 N–H and O–H groups in total. The number of aldehydes is 1. The van der Waals surface area contributed by atoms with Crippen LogP contribution in [0.15, 0.2) is 23.1 Å². The van der Waals surface area contributed by atoms with Crippen LogP contribution in [-0.2, 0) is 6.42 Å². The van der Waals surface area contributed by atoms with Crippen LogP contribution in [0, 0.1) is 0 Å². The molecular weight excluding hydrogens is 172 g/mol. The van der Waals surface area contributed by atoms with Gasteiger partial charge < -0.3 is 5.11 Å². The fourth-order valence-electron chi connectivity index (χ4n) is 0.974. The highest BCUT2D eigenvalue weighted by Crippen LogP contribution is 2.14. The highest BCUT2D eigenvalue weighted by Gasteiger charge is 1.98. The van der Waals surface area contributed by atoms with E-state index in [-0.39, 0.29) is 6.61 Å². The van der Waals surface area contributed by atoms with Crippen molar-refractivity contribution in [1.82, 2.24) is 0 Å². The van der Waals surface area contributed by atoms with Gasteiger partial charge in [0, 0.05) is 17.1 Å². The van der Waals surface area contributed by atoms with Gasteiger partial charge in [0.1, 0.15) is 0 Å². The van der Waals surface area contributed by atoms with Crippen LogP contribution in [0.4, 0.5) is 0 Å². The van der Waals surface area contributed by atoms with Crippen molar-refractivity contribution in [3.8, 4) is 0 Å². The first-order valence-corrected chi connectivity index (χ1v) is 4.10. The SMILES string of the molecule is O=Cc1ccc(CCO)cc1S. The minimum atomic E-state index is 0.119. The van der Waals surface area contributed by atoms with Crippen molar-refractivity contribution >= 4 is 18.9 Å². The van der Waals surface area contributed by atoms with E-state index in [0.717, 1.165) is 11.8 Å². The van der Waals surface area contributed by atoms with Gasteiger partial charge in [0.2, 0.25) is 0 Å². The summed E-state index contributed by atoms with van der Waals surface area (Å²) in [6.07, 6.45) is 1.37. The lowest BCUT2D eigenvalue weighted by atomic mass is 10.1. The van der Waals surface area contributed by atoms with Crippen molar-refractivity contribution in [2.75, 3.05) is 6.61 Å². The van der Waals surface area contributed by atoms with Gasteiger partial charge in [-0.15, -0.1) is 12.6 Å². The van der Waals surface area contributed by atoms with Crippen molar-refractivity contribution in [2.24, 2.45) is 0 Å². The first kappa shape index (κ1) is 9.29. The van der Waals surface area contributed by atoms with Gasteiger partial charge in [-0.2, -0.15) is 0 Å². The zero-order valence-electron chi connectivity index (χ0n) is 6.53. The summed E-state index contributed by atoms with van der Waals surface area (Å²) in [6.45, 7) is 0.119. The van der Waals surface area contributed by atoms with Gasteiger partial charge in [0.25, 0.3) is 0 Å². The molecule has 1 rings (SSSR count). The predicted octanol–water partition coefficient (Wildman–Crippen LogP) is 1.32. The standard InChI is InChI=1S/C9H10O2S/c10-4-3-7-1-2-8(6-11)9(12)5-7/h1-2,5-6,10,12H,3-4H2. The zero-order valence-corrected chi connectivity index (χ0v) is 7.42. The van der Waals surface area contributed by atoms with Crippen molar-refractivity contribution in [2.45, 2.75) is 11.3 Å². The number of aliphatic hydroxyl groups is 1. The van der Waals surface area contributed by atoms with Gasteiger partial charge in [-0.1, -0.05) is 12.1 Å². The van der Waals surface area contributed by atoms with E-state index in [9.17, 15) is 4.79 Å². The quantitative estimate of drug-likeness (QED) is 0.546. The molecule has 0 fully saturated rings. The molecule has 0 atom stereocenters. The van der Waals surface area contributed by atoms with Gasteiger partial charge in [-0.05, 0) is 18.1 Å². The number of carbonyl (C=O) groups excluding carboxylic acids is 1. The van der Waals surface area contributed by atoms with Gasteiger partial charge in [0.15, 0.2) is 6.29 Å². The van der Waals surface area contributed by atoms with Crippen molar-refractivity contribution in [3.05, 3.63) is 29.3 Å². The van der Waals surface area contributed by atoms with Crippen LogP contribution in [0.1, 0.15) is 15.9 Å². The number of benzene rings is 1. The predicted molar refractivity (Wildman–Crippen MR) is 49.9 cm³/mol. The van der Waals surface area contributed by atoms with E-state index < -0.39 is 0 Å². The largest absolute Gasteiger partial charge is 0.396 e. The number of carbonyl (C=O) groups is 1. The van der Waals surface area contributed by atoms with Crippen molar-refractivity contribution in [1.29, 1.82) is 0 Å². The topological polar surface area (TPSA) is 37.3 Å². The van der Waals surface area contributed by atoms with E-state index in [4.69, 9.17) is 5.11 Å². The lowest BCUT2D eigenvalue weighted by molar-refractivity contribution is 0.112. The molecule has 0 heterocycles. The molecule has 0 radical (unpaired) electrons. The molecular formula is C9H10O2S. The van der Waals surface area contributed by atoms with Gasteiger partial charge in [-0.25, -0.2) is 0 Å². The Kier molecular flexibility index (Phi) is 3.31. The molecule has 12 heavy (non-hydrogen) atoms. The summed E-state index contributed by atoms with van der Waals surface area (Å²) < 4.78 is 0. The number of hydrogen-bond acceptors (Lipinski definition) is 3. The first-order chi connectivity index (χ1) is 5.77. The molecule has 0 amide bonds. The van der Waals surface area contributed by atoms with Crippen LogP contribution in [-0.4, -0.2) is 18.0 Å². The second kappa shape index (κ2) is 4.28. The maximum Gasteiger partial charge on any atom is 0.151 e. The van der Waals surface area contributed by atoms with E-state index in [1.54, 1.807) is 12.1 Å². The van der Waals surface area contributed by atoms with Crippen LogP contribution < -0.4 is 0 Å². The Bertz CT molecular complexity index is 284. The molecule has 0 aliphatic heterocycles. The average molecular weight is 182 g/mol. The Labute approximate surface area is 76.6 Å². The Balaban J connectivity index is 2.93. The molecule has 0 aromatic heterocycles. The Morgan fingerprint density at radius 3 is 2.75 bits per heavy atom. The normalized spacial score (nSPS) is 9.83. The number of aliphatic hydroxyl groups excluding tert-OH is 1. The van der Waals surface area contributed by atoms with E-state index >= 15 is 0 Å². The summed E-state index contributed by atoms with van der Waals surface area (Å²) in [5, 5.41) is 8.64. The smallest absolute Gasteiger partial charge is 0.151 e. The van der Waals surface area contributed by atoms with Gasteiger partial charge in [0.05, 0.1) is 0 Å². The zero-order chi connectivity index (χ0) is 8.97. The number of thiol groups is 1. The highest BCUT2D eigenvalue weighted by atomic mass is 32.1. The fraction of sp³-hybridized carbons (Fsp3) is 0.222. The maximum absolute atomic E-state index is 10.4. The summed E-state index contributed by atoms with van der Waals surface area (Å²) in [6, 6.07) is 5.32. The second-order valence-electron chi connectivity index (χ2n) is 2.48. The molecule has 0 saturated heterocycles. The lowest BCUT2D eigenvalue weighted by Crippen LogP contribution is -1.92. The Hall–Kier alpha value is -0.800. The highest BCUT2D eigenvalue weighted by molar-refractivity contribution is 7.80. The van der Waals surface area contributed by atoms with Gasteiger partial charge in [-0.3, -0.25) is 4.79 Å². The van der Waals surface area contributed by atoms with Crippen molar-refractivity contribution in [3.63, 3.8) is 0 Å². The monoisotopic (exact) mass is 182 g/mol. The minimum Gasteiger partial charge on any atom is -0.396 e. The van der Waals surface area contributed by atoms with Gasteiger partial charge >= 0.3 is 0 Å². The molecule has 2 nitrogen and oxygen atoms in total. The maximum atomic E-state index is 10.4. The molecule has 0 unspecified atom stereocenters. The van der Waals surface area contributed by atoms with Crippen LogP contribution in [0.5, 0.6) is 0 Å². The molecule has 0 saturated carbocycles. The third-order valence-electron chi connectivity index (χ3n) is 1.62. The molecule has 3 heteroatoms. The van der Waals surface area contributed by atoms with E-state index in [0.29, 0.717) is 16.9 Å². The molecule has 64 valence electrons. The Morgan fingerprint density at radius 2 is 2.25 bits per heavy atom. The second-order valence-corrected chi connectivity index (χ2v) is 2.97. The summed E-state index contributed by atoms with van der Waals surface area (Å²) in [5.74, 6) is 0. The van der Waals surface area contributed by atoms with Crippen LogP contribution in [0.2, 0.25) is 0 Å². The molecule has 0 aliphatic carbocycles. The van der Waals surface area contributed by atoms with Crippen LogP contribution >= 0.6 is 12.6 Å². The Morgan fingerprint density at radius 1 is 1.50 bits per heavy atom. The van der Waals surface area contributed by atoms with Crippen LogP contribution in [0.3, 0.4) is 0 Å². The third kappa shape index (κ3) is 2.09. The molecule has 1 aromatic rings. The summed E-state index contributed by atoms with van der Waals surface area (Å²) >= 11 is 4.13. The number of hydrogen-bond donors (Lipinski definition) is 2. The molecule has 0 bridgehead atoms. The molecule has 0 spiro atoms. The minimum absolute atomic E-state index is 0.119. The molecule has 1 aromatic carbocycles. The van der Waals surface area contributed by atoms with E-state index in [1.165, 1.54) is 0 Å². The first-order valence-electron chi connectivity index (χ1n) is 3.66. The van der Waals surface area contributed by atoms with E-state index in [2.05, 4.69) is 12.6 Å². The average Bonchev–Trinajstić information content (AvgIpc) is 2.05. The van der Waals surface area contributed by atoms with Crippen LogP contribution in [0.25, 0.3) is 0 Å². The summed E-state index contributed by atoms with van der Waals surface area (Å²) in [5.41, 5.74) is 1.58. The summed E-state index contributed by atoms with van der Waals surface area (Å²) in [4.78, 5) is 11.1. The van der Waals surface area contributed by atoms with Crippen molar-refractivity contribution < 1.29 is 9.90 Å². The third-order valence-corrected chi connectivity index (χ3v) is 2.01. The molecule has 0 aliphatic rings. The fourth-order valence-corrected chi connectivity index (χ4v) is 1.27.